The Hall–Kier alpha value is -2.30. The van der Waals surface area contributed by atoms with Gasteiger partial charge in [0.2, 0.25) is 0 Å². The lowest BCUT2D eigenvalue weighted by Crippen LogP contribution is -2.24. The molecule has 0 fully saturated rings. The van der Waals surface area contributed by atoms with Gasteiger partial charge in [0.1, 0.15) is 0 Å². The molecule has 2 aromatic rings. The van der Waals surface area contributed by atoms with E-state index < -0.39 is 0 Å². The Morgan fingerprint density at radius 3 is 1.55 bits per heavy atom. The highest BCUT2D eigenvalue weighted by molar-refractivity contribution is 6.29. The summed E-state index contributed by atoms with van der Waals surface area (Å²) in [4.78, 5) is 25.1. The van der Waals surface area contributed by atoms with Crippen LogP contribution in [0.15, 0.2) is 36.4 Å². The number of carbonyl (C=O) groups excluding carboxylic acids is 2. The van der Waals surface area contributed by atoms with E-state index in [0.717, 1.165) is 0 Å². The lowest BCUT2D eigenvalue weighted by molar-refractivity contribution is 0.0974. The van der Waals surface area contributed by atoms with Gasteiger partial charge in [-0.1, -0.05) is 36.4 Å². The van der Waals surface area contributed by atoms with Gasteiger partial charge in [0, 0.05) is 22.3 Å². The number of carbonyl (C=O) groups is 2. The fourth-order valence-electron chi connectivity index (χ4n) is 2.65. The Bertz CT molecular complexity index is 672. The zero-order valence-corrected chi connectivity index (χ0v) is 10.6. The molecule has 4 heteroatoms. The molecule has 2 N–H and O–H groups in total. The first kappa shape index (κ1) is 12.7. The second-order valence-corrected chi connectivity index (χ2v) is 4.65. The number of benzene rings is 2. The summed E-state index contributed by atoms with van der Waals surface area (Å²) in [7, 11) is 0. The van der Waals surface area contributed by atoms with Crippen LogP contribution >= 0.6 is 0 Å². The summed E-state index contributed by atoms with van der Waals surface area (Å²) in [6, 6.07) is 9.71. The first-order valence-electron chi connectivity index (χ1n) is 6.24. The molecule has 0 saturated carbocycles. The normalized spacial score (nSPS) is 13.1. The van der Waals surface area contributed by atoms with Gasteiger partial charge in [-0.05, 0) is 11.1 Å². The number of fused-ring (bicyclic) bond motifs is 2. The van der Waals surface area contributed by atoms with Crippen LogP contribution in [0.1, 0.15) is 43.0 Å². The van der Waals surface area contributed by atoms with Crippen molar-refractivity contribution in [3.63, 3.8) is 0 Å². The van der Waals surface area contributed by atoms with Gasteiger partial charge >= 0.3 is 0 Å². The van der Waals surface area contributed by atoms with Crippen molar-refractivity contribution >= 4 is 11.6 Å². The summed E-state index contributed by atoms with van der Waals surface area (Å²) in [5.74, 6) is -0.566. The zero-order chi connectivity index (χ0) is 14.3. The largest absolute Gasteiger partial charge is 0.392 e. The summed E-state index contributed by atoms with van der Waals surface area (Å²) in [6.45, 7) is -0.613. The van der Waals surface area contributed by atoms with E-state index in [2.05, 4.69) is 0 Å². The summed E-state index contributed by atoms with van der Waals surface area (Å²) < 4.78 is 0. The predicted octanol–water partition coefficient (Wildman–Crippen LogP) is 1.45. The highest BCUT2D eigenvalue weighted by Gasteiger charge is 2.32. The Labute approximate surface area is 115 Å². The Balaban J connectivity index is 2.34. The van der Waals surface area contributed by atoms with Crippen LogP contribution in [0.3, 0.4) is 0 Å². The lowest BCUT2D eigenvalue weighted by Gasteiger charge is -2.21. The van der Waals surface area contributed by atoms with Crippen LogP contribution in [-0.2, 0) is 13.2 Å². The van der Waals surface area contributed by atoms with Gasteiger partial charge in [-0.25, -0.2) is 0 Å². The van der Waals surface area contributed by atoms with Gasteiger partial charge in [0.15, 0.2) is 11.6 Å². The monoisotopic (exact) mass is 268 g/mol. The first-order valence-corrected chi connectivity index (χ1v) is 6.24. The SMILES string of the molecule is O=C1c2cccc(CO)c2C(=O)c2c(CO)cccc21. The van der Waals surface area contributed by atoms with E-state index in [4.69, 9.17) is 0 Å². The molecule has 2 aromatic carbocycles. The van der Waals surface area contributed by atoms with Crippen molar-refractivity contribution in [2.24, 2.45) is 0 Å². The van der Waals surface area contributed by atoms with E-state index in [1.54, 1.807) is 36.4 Å². The number of aliphatic hydroxyl groups excluding tert-OH is 2. The minimum absolute atomic E-state index is 0.244. The van der Waals surface area contributed by atoms with Gasteiger partial charge in [0.05, 0.1) is 13.2 Å². The summed E-state index contributed by atoms with van der Waals surface area (Å²) >= 11 is 0. The smallest absolute Gasteiger partial charge is 0.195 e. The van der Waals surface area contributed by atoms with Crippen LogP contribution < -0.4 is 0 Å². The third-order valence-corrected chi connectivity index (χ3v) is 3.59. The molecule has 1 aliphatic carbocycles. The second kappa shape index (κ2) is 4.67. The molecule has 0 aromatic heterocycles. The predicted molar refractivity (Wildman–Crippen MR) is 71.6 cm³/mol. The van der Waals surface area contributed by atoms with Crippen LogP contribution in [0.5, 0.6) is 0 Å². The average Bonchev–Trinajstić information content (AvgIpc) is 2.50. The molecule has 4 nitrogen and oxygen atoms in total. The van der Waals surface area contributed by atoms with Gasteiger partial charge < -0.3 is 10.2 Å². The Kier molecular flexibility index (Phi) is 2.97. The van der Waals surface area contributed by atoms with E-state index in [9.17, 15) is 19.8 Å². The second-order valence-electron chi connectivity index (χ2n) is 4.65. The lowest BCUT2D eigenvalue weighted by atomic mass is 9.80. The van der Waals surface area contributed by atoms with E-state index in [1.165, 1.54) is 0 Å². The van der Waals surface area contributed by atoms with Crippen LogP contribution in [-0.4, -0.2) is 21.8 Å². The van der Waals surface area contributed by atoms with Crippen molar-refractivity contribution in [3.05, 3.63) is 69.8 Å². The molecule has 0 amide bonds. The summed E-state index contributed by atoms with van der Waals surface area (Å²) in [5.41, 5.74) is 1.97. The minimum Gasteiger partial charge on any atom is -0.392 e. The molecule has 0 heterocycles. The van der Waals surface area contributed by atoms with Gasteiger partial charge in [-0.15, -0.1) is 0 Å². The van der Waals surface area contributed by atoms with E-state index >= 15 is 0 Å². The molecule has 100 valence electrons. The van der Waals surface area contributed by atoms with E-state index in [1.807, 2.05) is 0 Å². The molecule has 0 spiro atoms. The molecule has 0 atom stereocenters. The van der Waals surface area contributed by atoms with Crippen LogP contribution in [0.25, 0.3) is 0 Å². The van der Waals surface area contributed by atoms with Crippen molar-refractivity contribution < 1.29 is 19.8 Å². The van der Waals surface area contributed by atoms with Crippen LogP contribution in [0, 0.1) is 0 Å². The van der Waals surface area contributed by atoms with Crippen LogP contribution in [0.4, 0.5) is 0 Å². The third kappa shape index (κ3) is 1.62. The summed E-state index contributed by atoms with van der Waals surface area (Å²) in [6.07, 6.45) is 0. The van der Waals surface area contributed by atoms with Gasteiger partial charge in [-0.2, -0.15) is 0 Å². The van der Waals surface area contributed by atoms with Crippen LogP contribution in [0.2, 0.25) is 0 Å². The van der Waals surface area contributed by atoms with Crippen molar-refractivity contribution in [3.8, 4) is 0 Å². The number of rotatable bonds is 2. The zero-order valence-electron chi connectivity index (χ0n) is 10.6. The van der Waals surface area contributed by atoms with Crippen molar-refractivity contribution in [2.75, 3.05) is 0 Å². The topological polar surface area (TPSA) is 74.6 Å². The molecule has 0 unspecified atom stereocenters. The maximum absolute atomic E-state index is 12.6. The van der Waals surface area contributed by atoms with Crippen molar-refractivity contribution in [1.29, 1.82) is 0 Å². The van der Waals surface area contributed by atoms with Crippen molar-refractivity contribution in [2.45, 2.75) is 13.2 Å². The highest BCUT2D eigenvalue weighted by atomic mass is 16.3. The molecule has 1 aliphatic rings. The maximum atomic E-state index is 12.6. The molecular formula is C16H12O4. The van der Waals surface area contributed by atoms with Crippen molar-refractivity contribution in [1.82, 2.24) is 0 Å². The van der Waals surface area contributed by atoms with Gasteiger partial charge in [0.25, 0.3) is 0 Å². The standard InChI is InChI=1S/C16H12O4/c17-7-9-3-1-5-11-13(9)16(20)14-10(8-18)4-2-6-12(14)15(11)19/h1-6,17-18H,7-8H2. The molecular weight excluding hydrogens is 256 g/mol. The minimum atomic E-state index is -0.316. The fourth-order valence-corrected chi connectivity index (χ4v) is 2.65. The van der Waals surface area contributed by atoms with E-state index in [0.29, 0.717) is 22.3 Å². The molecule has 0 bridgehead atoms. The highest BCUT2D eigenvalue weighted by Crippen LogP contribution is 2.31. The number of hydrogen-bond acceptors (Lipinski definition) is 4. The fraction of sp³-hybridized carbons (Fsp3) is 0.125. The molecule has 0 radical (unpaired) electrons. The molecule has 3 rings (SSSR count). The number of aliphatic hydroxyl groups is 2. The Morgan fingerprint density at radius 1 is 0.700 bits per heavy atom. The molecule has 0 saturated heterocycles. The van der Waals surface area contributed by atoms with Gasteiger partial charge in [-0.3, -0.25) is 9.59 Å². The summed E-state index contributed by atoms with van der Waals surface area (Å²) in [5, 5.41) is 18.7. The maximum Gasteiger partial charge on any atom is 0.195 e. The first-order chi connectivity index (χ1) is 9.69. The average molecular weight is 268 g/mol. The van der Waals surface area contributed by atoms with E-state index in [-0.39, 0.29) is 35.9 Å². The molecule has 20 heavy (non-hydrogen) atoms. The molecule has 0 aliphatic heterocycles. The number of ketones is 2. The quantitative estimate of drug-likeness (QED) is 0.737. The third-order valence-electron chi connectivity index (χ3n) is 3.59. The number of hydrogen-bond donors (Lipinski definition) is 2. The Morgan fingerprint density at radius 2 is 1.15 bits per heavy atom.